The fourth-order valence-electron chi connectivity index (χ4n) is 1.45. The van der Waals surface area contributed by atoms with Crippen molar-refractivity contribution in [3.8, 4) is 0 Å². The molecular weight excluding hydrogens is 262 g/mol. The van der Waals surface area contributed by atoms with Crippen LogP contribution in [0.2, 0.25) is 0 Å². The topological polar surface area (TPSA) is 53.6 Å². The van der Waals surface area contributed by atoms with E-state index in [4.69, 9.17) is 4.74 Å². The summed E-state index contributed by atoms with van der Waals surface area (Å²) in [6.45, 7) is 2.92. The van der Waals surface area contributed by atoms with E-state index in [1.165, 1.54) is 0 Å². The van der Waals surface area contributed by atoms with Crippen LogP contribution in [-0.4, -0.2) is 44.3 Å². The van der Waals surface area contributed by atoms with Crippen LogP contribution in [0.25, 0.3) is 0 Å². The van der Waals surface area contributed by atoms with Gasteiger partial charge in [0.05, 0.1) is 12.6 Å². The highest BCUT2D eigenvalue weighted by Gasteiger charge is 2.32. The zero-order valence-corrected chi connectivity index (χ0v) is 10.7. The first-order valence-corrected chi connectivity index (χ1v) is 5.62. The van der Waals surface area contributed by atoms with Crippen LogP contribution in [0.1, 0.15) is 6.92 Å². The van der Waals surface area contributed by atoms with E-state index in [1.54, 1.807) is 19.0 Å². The second kappa shape index (κ2) is 5.48. The van der Waals surface area contributed by atoms with E-state index >= 15 is 0 Å². The molecule has 6 heteroatoms. The normalized spacial score (nSPS) is 21.1. The van der Waals surface area contributed by atoms with Crippen LogP contribution in [-0.2, 0) is 9.53 Å². The number of nitrogens with zero attached hydrogens (tertiary/aromatic N) is 1. The summed E-state index contributed by atoms with van der Waals surface area (Å²) >= 11 is 3.42. The Morgan fingerprint density at radius 1 is 1.73 bits per heavy atom. The largest absolute Gasteiger partial charge is 0.461 e. The molecule has 1 atom stereocenters. The van der Waals surface area contributed by atoms with E-state index in [0.29, 0.717) is 12.3 Å². The monoisotopic (exact) mass is 277 g/mol. The summed E-state index contributed by atoms with van der Waals surface area (Å²) in [5.41, 5.74) is 3.68. The third kappa shape index (κ3) is 2.70. The predicted molar refractivity (Wildman–Crippen MR) is 61.2 cm³/mol. The van der Waals surface area contributed by atoms with Crippen molar-refractivity contribution in [3.05, 3.63) is 10.2 Å². The fraction of sp³-hybridized carbons (Fsp3) is 0.667. The van der Waals surface area contributed by atoms with Crippen molar-refractivity contribution in [2.24, 2.45) is 0 Å². The van der Waals surface area contributed by atoms with Crippen LogP contribution in [0.4, 0.5) is 0 Å². The number of carbonyl (C=O) groups excluding carboxylic acids is 1. The van der Waals surface area contributed by atoms with Gasteiger partial charge in [-0.15, -0.1) is 0 Å². The standard InChI is InChI=1S/C9H16BrN3O2/c1-4-15-9(14)8-7(10)6(5-11-2)12-13(8)3/h6,11-12H,4-5H2,1-3H3. The first-order valence-electron chi connectivity index (χ1n) is 4.83. The number of hydrogen-bond donors (Lipinski definition) is 2. The van der Waals surface area contributed by atoms with E-state index in [9.17, 15) is 4.79 Å². The zero-order valence-electron chi connectivity index (χ0n) is 9.13. The molecule has 1 rings (SSSR count). The first kappa shape index (κ1) is 12.5. The van der Waals surface area contributed by atoms with Gasteiger partial charge >= 0.3 is 5.97 Å². The Kier molecular flexibility index (Phi) is 4.56. The number of rotatable bonds is 4. The maximum absolute atomic E-state index is 11.6. The fourth-order valence-corrected chi connectivity index (χ4v) is 2.15. The molecule has 0 saturated carbocycles. The highest BCUT2D eigenvalue weighted by molar-refractivity contribution is 9.11. The van der Waals surface area contributed by atoms with Crippen LogP contribution in [0, 0.1) is 0 Å². The number of nitrogens with one attached hydrogen (secondary N) is 2. The van der Waals surface area contributed by atoms with Crippen LogP contribution in [0.15, 0.2) is 10.2 Å². The molecule has 1 aliphatic heterocycles. The third-order valence-electron chi connectivity index (χ3n) is 2.09. The van der Waals surface area contributed by atoms with Gasteiger partial charge in [-0.05, 0) is 14.0 Å². The molecule has 1 unspecified atom stereocenters. The number of halogens is 1. The Morgan fingerprint density at radius 3 is 2.93 bits per heavy atom. The SMILES string of the molecule is CCOC(=O)C1=C(Br)C(CNC)NN1C. The quantitative estimate of drug-likeness (QED) is 0.719. The average molecular weight is 278 g/mol. The van der Waals surface area contributed by atoms with Gasteiger partial charge in [-0.2, -0.15) is 0 Å². The second-order valence-corrected chi connectivity index (χ2v) is 4.07. The Labute approximate surface area is 97.9 Å². The Balaban J connectivity index is 2.79. The van der Waals surface area contributed by atoms with Crippen molar-refractivity contribution in [1.82, 2.24) is 15.8 Å². The van der Waals surface area contributed by atoms with Gasteiger partial charge in [0.25, 0.3) is 0 Å². The number of hydrazine groups is 1. The summed E-state index contributed by atoms with van der Waals surface area (Å²) in [7, 11) is 3.66. The molecule has 1 heterocycles. The zero-order chi connectivity index (χ0) is 11.4. The molecule has 0 bridgehead atoms. The summed E-state index contributed by atoms with van der Waals surface area (Å²) in [4.78, 5) is 11.6. The van der Waals surface area contributed by atoms with Crippen molar-refractivity contribution in [2.75, 3.05) is 27.2 Å². The van der Waals surface area contributed by atoms with E-state index in [2.05, 4.69) is 26.7 Å². The van der Waals surface area contributed by atoms with Crippen molar-refractivity contribution >= 4 is 21.9 Å². The Hall–Kier alpha value is -0.590. The summed E-state index contributed by atoms with van der Waals surface area (Å²) in [6.07, 6.45) is 0. The van der Waals surface area contributed by atoms with Crippen LogP contribution in [0.5, 0.6) is 0 Å². The number of carbonyl (C=O) groups is 1. The molecule has 2 N–H and O–H groups in total. The maximum atomic E-state index is 11.6. The summed E-state index contributed by atoms with van der Waals surface area (Å²) in [5, 5.41) is 4.73. The summed E-state index contributed by atoms with van der Waals surface area (Å²) < 4.78 is 5.80. The van der Waals surface area contributed by atoms with Crippen LogP contribution < -0.4 is 10.7 Å². The minimum absolute atomic E-state index is 0.0828. The van der Waals surface area contributed by atoms with Gasteiger partial charge in [-0.3, -0.25) is 0 Å². The highest BCUT2D eigenvalue weighted by atomic mass is 79.9. The molecule has 15 heavy (non-hydrogen) atoms. The van der Waals surface area contributed by atoms with E-state index in [-0.39, 0.29) is 12.0 Å². The third-order valence-corrected chi connectivity index (χ3v) is 3.02. The van der Waals surface area contributed by atoms with Gasteiger partial charge in [0.15, 0.2) is 0 Å². The van der Waals surface area contributed by atoms with E-state index < -0.39 is 0 Å². The molecule has 0 radical (unpaired) electrons. The Morgan fingerprint density at radius 2 is 2.40 bits per heavy atom. The lowest BCUT2D eigenvalue weighted by atomic mass is 10.2. The number of esters is 1. The molecule has 0 fully saturated rings. The van der Waals surface area contributed by atoms with Crippen LogP contribution in [0.3, 0.4) is 0 Å². The van der Waals surface area contributed by atoms with Gasteiger partial charge < -0.3 is 15.1 Å². The molecule has 0 spiro atoms. The number of ether oxygens (including phenoxy) is 1. The lowest BCUT2D eigenvalue weighted by molar-refractivity contribution is -0.140. The van der Waals surface area contributed by atoms with E-state index in [0.717, 1.165) is 11.0 Å². The first-order chi connectivity index (χ1) is 7.11. The van der Waals surface area contributed by atoms with Gasteiger partial charge in [-0.25, -0.2) is 10.2 Å². The summed E-state index contributed by atoms with van der Waals surface area (Å²) in [5.74, 6) is -0.307. The molecule has 0 aliphatic carbocycles. The molecule has 86 valence electrons. The molecule has 0 saturated heterocycles. The number of likely N-dealkylation sites (N-methyl/N-ethyl adjacent to an activating group) is 2. The molecule has 0 aromatic carbocycles. The minimum Gasteiger partial charge on any atom is -0.461 e. The Bertz CT molecular complexity index is 281. The van der Waals surface area contributed by atoms with Gasteiger partial charge in [-0.1, -0.05) is 15.9 Å². The van der Waals surface area contributed by atoms with Crippen molar-refractivity contribution in [1.29, 1.82) is 0 Å². The molecule has 0 aromatic heterocycles. The van der Waals surface area contributed by atoms with Gasteiger partial charge in [0.1, 0.15) is 5.70 Å². The summed E-state index contributed by atoms with van der Waals surface area (Å²) in [6, 6.07) is 0.0828. The smallest absolute Gasteiger partial charge is 0.356 e. The van der Waals surface area contributed by atoms with Gasteiger partial charge in [0.2, 0.25) is 0 Å². The van der Waals surface area contributed by atoms with E-state index in [1.807, 2.05) is 7.05 Å². The van der Waals surface area contributed by atoms with Crippen molar-refractivity contribution in [3.63, 3.8) is 0 Å². The van der Waals surface area contributed by atoms with Crippen LogP contribution >= 0.6 is 15.9 Å². The predicted octanol–water partition coefficient (Wildman–Crippen LogP) is 0.194. The molecular formula is C9H16BrN3O2. The minimum atomic E-state index is -0.307. The lowest BCUT2D eigenvalue weighted by Gasteiger charge is -2.16. The average Bonchev–Trinajstić information content (AvgIpc) is 2.43. The molecule has 0 aromatic rings. The lowest BCUT2D eigenvalue weighted by Crippen LogP contribution is -2.40. The molecule has 0 amide bonds. The maximum Gasteiger partial charge on any atom is 0.356 e. The second-order valence-electron chi connectivity index (χ2n) is 3.22. The highest BCUT2D eigenvalue weighted by Crippen LogP contribution is 2.25. The van der Waals surface area contributed by atoms with Crippen molar-refractivity contribution < 1.29 is 9.53 Å². The van der Waals surface area contributed by atoms with Crippen molar-refractivity contribution in [2.45, 2.75) is 13.0 Å². The van der Waals surface area contributed by atoms with Gasteiger partial charge in [0, 0.05) is 18.1 Å². The number of hydrogen-bond acceptors (Lipinski definition) is 5. The molecule has 5 nitrogen and oxygen atoms in total. The molecule has 1 aliphatic rings.